The molecule has 6 heteroatoms. The highest BCUT2D eigenvalue weighted by Gasteiger charge is 2.24. The molecule has 0 saturated carbocycles. The molecule has 1 N–H and O–H groups in total. The third-order valence-corrected chi connectivity index (χ3v) is 4.99. The highest BCUT2D eigenvalue weighted by Crippen LogP contribution is 2.18. The Morgan fingerprint density at radius 2 is 1.67 bits per heavy atom. The second-order valence-corrected chi connectivity index (χ2v) is 7.80. The maximum absolute atomic E-state index is 12.7. The molecular formula is C15H26N2O3S. The van der Waals surface area contributed by atoms with E-state index in [1.165, 1.54) is 4.31 Å². The molecule has 21 heavy (non-hydrogen) atoms. The molecule has 0 aliphatic carbocycles. The zero-order valence-electron chi connectivity index (χ0n) is 13.3. The summed E-state index contributed by atoms with van der Waals surface area (Å²) in [6, 6.07) is 6.41. The number of sulfonamides is 1. The number of hydrogen-bond acceptors (Lipinski definition) is 4. The predicted octanol–water partition coefficient (Wildman–Crippen LogP) is 1.39. The molecule has 0 amide bonds. The van der Waals surface area contributed by atoms with Crippen LogP contribution in [-0.4, -0.2) is 56.5 Å². The van der Waals surface area contributed by atoms with E-state index in [0.717, 1.165) is 0 Å². The SMILES string of the molecule is CC(C)CN(CCN(C)C)S(=O)(=O)c1ccc(CO)cc1. The Morgan fingerprint density at radius 3 is 2.10 bits per heavy atom. The summed E-state index contributed by atoms with van der Waals surface area (Å²) in [5.41, 5.74) is 0.706. The van der Waals surface area contributed by atoms with Gasteiger partial charge in [-0.3, -0.25) is 0 Å². The van der Waals surface area contributed by atoms with Crippen molar-refractivity contribution in [1.82, 2.24) is 9.21 Å². The highest BCUT2D eigenvalue weighted by molar-refractivity contribution is 7.89. The van der Waals surface area contributed by atoms with Gasteiger partial charge in [0, 0.05) is 19.6 Å². The highest BCUT2D eigenvalue weighted by atomic mass is 32.2. The molecule has 0 heterocycles. The summed E-state index contributed by atoms with van der Waals surface area (Å²) < 4.78 is 27.0. The number of likely N-dealkylation sites (N-methyl/N-ethyl adjacent to an activating group) is 1. The van der Waals surface area contributed by atoms with E-state index < -0.39 is 10.0 Å². The summed E-state index contributed by atoms with van der Waals surface area (Å²) in [7, 11) is 0.362. The summed E-state index contributed by atoms with van der Waals surface area (Å²) in [5.74, 6) is 0.263. The van der Waals surface area contributed by atoms with Gasteiger partial charge in [0.2, 0.25) is 10.0 Å². The topological polar surface area (TPSA) is 60.9 Å². The van der Waals surface area contributed by atoms with Gasteiger partial charge in [-0.2, -0.15) is 4.31 Å². The van der Waals surface area contributed by atoms with Gasteiger partial charge in [0.05, 0.1) is 11.5 Å². The van der Waals surface area contributed by atoms with E-state index in [4.69, 9.17) is 5.11 Å². The number of benzene rings is 1. The van der Waals surface area contributed by atoms with E-state index in [1.807, 2.05) is 32.8 Å². The fourth-order valence-electron chi connectivity index (χ4n) is 1.94. The van der Waals surface area contributed by atoms with Gasteiger partial charge in [0.25, 0.3) is 0 Å². The molecule has 0 fully saturated rings. The molecule has 1 aromatic carbocycles. The molecule has 0 unspecified atom stereocenters. The van der Waals surface area contributed by atoms with E-state index >= 15 is 0 Å². The van der Waals surface area contributed by atoms with E-state index in [0.29, 0.717) is 25.2 Å². The Bertz CT molecular complexity index is 524. The number of rotatable bonds is 8. The summed E-state index contributed by atoms with van der Waals surface area (Å²) >= 11 is 0. The normalized spacial score (nSPS) is 12.6. The Labute approximate surface area is 128 Å². The Morgan fingerprint density at radius 1 is 1.10 bits per heavy atom. The van der Waals surface area contributed by atoms with Crippen LogP contribution in [0.4, 0.5) is 0 Å². The first-order valence-electron chi connectivity index (χ1n) is 7.12. The van der Waals surface area contributed by atoms with Gasteiger partial charge in [-0.05, 0) is 37.7 Å². The van der Waals surface area contributed by atoms with Crippen molar-refractivity contribution in [3.8, 4) is 0 Å². The van der Waals surface area contributed by atoms with Crippen LogP contribution in [0.15, 0.2) is 29.2 Å². The van der Waals surface area contributed by atoms with Crippen molar-refractivity contribution < 1.29 is 13.5 Å². The molecule has 0 aromatic heterocycles. The fraction of sp³-hybridized carbons (Fsp3) is 0.600. The van der Waals surface area contributed by atoms with Crippen LogP contribution in [0.25, 0.3) is 0 Å². The third-order valence-electron chi connectivity index (χ3n) is 3.11. The van der Waals surface area contributed by atoms with Crippen LogP contribution in [-0.2, 0) is 16.6 Å². The number of aliphatic hydroxyl groups is 1. The van der Waals surface area contributed by atoms with E-state index in [-0.39, 0.29) is 17.4 Å². The van der Waals surface area contributed by atoms with Crippen LogP contribution >= 0.6 is 0 Å². The average Bonchev–Trinajstić information content (AvgIpc) is 2.42. The molecule has 0 saturated heterocycles. The van der Waals surface area contributed by atoms with Crippen molar-refractivity contribution in [1.29, 1.82) is 0 Å². The lowest BCUT2D eigenvalue weighted by Gasteiger charge is -2.25. The van der Waals surface area contributed by atoms with Crippen LogP contribution in [0, 0.1) is 5.92 Å². The summed E-state index contributed by atoms with van der Waals surface area (Å²) in [6.07, 6.45) is 0. The van der Waals surface area contributed by atoms with Crippen molar-refractivity contribution in [3.63, 3.8) is 0 Å². The summed E-state index contributed by atoms with van der Waals surface area (Å²) in [5, 5.41) is 9.04. The first-order chi connectivity index (χ1) is 9.77. The minimum atomic E-state index is -3.49. The lowest BCUT2D eigenvalue weighted by molar-refractivity contribution is 0.281. The first kappa shape index (κ1) is 18.1. The van der Waals surface area contributed by atoms with Gasteiger partial charge in [0.1, 0.15) is 0 Å². The van der Waals surface area contributed by atoms with Gasteiger partial charge in [-0.25, -0.2) is 8.42 Å². The first-order valence-corrected chi connectivity index (χ1v) is 8.56. The summed E-state index contributed by atoms with van der Waals surface area (Å²) in [6.45, 7) is 5.57. The minimum absolute atomic E-state index is 0.0866. The number of hydrogen-bond donors (Lipinski definition) is 1. The van der Waals surface area contributed by atoms with Crippen molar-refractivity contribution in [2.45, 2.75) is 25.3 Å². The lowest BCUT2D eigenvalue weighted by atomic mass is 10.2. The molecule has 5 nitrogen and oxygen atoms in total. The number of aliphatic hydroxyl groups excluding tert-OH is 1. The molecule has 0 radical (unpaired) electrons. The second-order valence-electron chi connectivity index (χ2n) is 5.86. The van der Waals surface area contributed by atoms with Crippen LogP contribution in [0.2, 0.25) is 0 Å². The number of nitrogens with zero attached hydrogens (tertiary/aromatic N) is 2. The molecular weight excluding hydrogens is 288 g/mol. The molecule has 0 aliphatic rings. The molecule has 1 rings (SSSR count). The molecule has 0 atom stereocenters. The zero-order valence-corrected chi connectivity index (χ0v) is 14.1. The maximum atomic E-state index is 12.7. The molecule has 0 bridgehead atoms. The smallest absolute Gasteiger partial charge is 0.243 e. The van der Waals surface area contributed by atoms with Crippen molar-refractivity contribution in [2.75, 3.05) is 33.7 Å². The minimum Gasteiger partial charge on any atom is -0.392 e. The van der Waals surface area contributed by atoms with Gasteiger partial charge >= 0.3 is 0 Å². The second kappa shape index (κ2) is 7.89. The average molecular weight is 314 g/mol. The van der Waals surface area contributed by atoms with Gasteiger partial charge in [-0.1, -0.05) is 26.0 Å². The van der Waals surface area contributed by atoms with E-state index in [9.17, 15) is 8.42 Å². The molecule has 1 aromatic rings. The van der Waals surface area contributed by atoms with Crippen LogP contribution in [0.5, 0.6) is 0 Å². The Balaban J connectivity index is 3.00. The van der Waals surface area contributed by atoms with Gasteiger partial charge < -0.3 is 10.0 Å². The van der Waals surface area contributed by atoms with E-state index in [1.54, 1.807) is 24.3 Å². The molecule has 120 valence electrons. The van der Waals surface area contributed by atoms with Gasteiger partial charge in [0.15, 0.2) is 0 Å². The maximum Gasteiger partial charge on any atom is 0.243 e. The Hall–Kier alpha value is -0.950. The van der Waals surface area contributed by atoms with Crippen LogP contribution in [0.3, 0.4) is 0 Å². The van der Waals surface area contributed by atoms with Gasteiger partial charge in [-0.15, -0.1) is 0 Å². The van der Waals surface area contributed by atoms with Crippen molar-refractivity contribution in [3.05, 3.63) is 29.8 Å². The predicted molar refractivity (Wildman–Crippen MR) is 84.5 cm³/mol. The van der Waals surface area contributed by atoms with Crippen molar-refractivity contribution in [2.24, 2.45) is 5.92 Å². The largest absolute Gasteiger partial charge is 0.392 e. The standard InChI is InChI=1S/C15H26N2O3S/c1-13(2)11-17(10-9-16(3)4)21(19,20)15-7-5-14(12-18)6-8-15/h5-8,13,18H,9-12H2,1-4H3. The Kier molecular flexibility index (Phi) is 6.80. The lowest BCUT2D eigenvalue weighted by Crippen LogP contribution is -2.38. The zero-order chi connectivity index (χ0) is 16.0. The molecule has 0 spiro atoms. The van der Waals surface area contributed by atoms with Crippen LogP contribution < -0.4 is 0 Å². The third kappa shape index (κ3) is 5.39. The quantitative estimate of drug-likeness (QED) is 0.788. The monoisotopic (exact) mass is 314 g/mol. The van der Waals surface area contributed by atoms with E-state index in [2.05, 4.69) is 0 Å². The summed E-state index contributed by atoms with van der Waals surface area (Å²) in [4.78, 5) is 2.25. The van der Waals surface area contributed by atoms with Crippen molar-refractivity contribution >= 4 is 10.0 Å². The van der Waals surface area contributed by atoms with Crippen LogP contribution in [0.1, 0.15) is 19.4 Å². The fourth-order valence-corrected chi connectivity index (χ4v) is 3.54. The molecule has 0 aliphatic heterocycles.